The lowest BCUT2D eigenvalue weighted by atomic mass is 10.1. The molecule has 0 fully saturated rings. The molecule has 0 spiro atoms. The summed E-state index contributed by atoms with van der Waals surface area (Å²) in [5.74, 6) is 0. The molecule has 1 rings (SSSR count). The third-order valence-electron chi connectivity index (χ3n) is 6.19. The summed E-state index contributed by atoms with van der Waals surface area (Å²) in [6.45, 7) is 22.4. The minimum Gasteiger partial charge on any atom is -0.324 e. The van der Waals surface area contributed by atoms with Crippen molar-refractivity contribution in [3.63, 3.8) is 0 Å². The van der Waals surface area contributed by atoms with Gasteiger partial charge in [-0.2, -0.15) is 0 Å². The van der Waals surface area contributed by atoms with E-state index in [-0.39, 0.29) is 0 Å². The van der Waals surface area contributed by atoms with E-state index in [0.717, 1.165) is 4.48 Å². The van der Waals surface area contributed by atoms with Crippen LogP contribution in [0.2, 0.25) is 0 Å². The van der Waals surface area contributed by atoms with Crippen LogP contribution < -0.4 is 4.48 Å². The fourth-order valence-electron chi connectivity index (χ4n) is 3.71. The highest BCUT2D eigenvalue weighted by atomic mass is 15.3. The Morgan fingerprint density at radius 3 is 1.45 bits per heavy atom. The lowest BCUT2D eigenvalue weighted by Crippen LogP contribution is -2.49. The van der Waals surface area contributed by atoms with Crippen molar-refractivity contribution in [3.8, 4) is 0 Å². The maximum Gasteiger partial charge on any atom is 0.132 e. The quantitative estimate of drug-likeness (QED) is 0.559. The Hall–Kier alpha value is -0.860. The molecule has 0 aliphatic rings. The number of hydrogen-bond acceptors (Lipinski definition) is 0. The van der Waals surface area contributed by atoms with Crippen molar-refractivity contribution in [3.05, 3.63) is 29.8 Å². The molecular weight excluding hydrogens is 268 g/mol. The van der Waals surface area contributed by atoms with E-state index in [1.54, 1.807) is 0 Å². The van der Waals surface area contributed by atoms with Crippen molar-refractivity contribution < 1.29 is 4.48 Å². The Morgan fingerprint density at radius 1 is 0.636 bits per heavy atom. The van der Waals surface area contributed by atoms with E-state index in [0.29, 0.717) is 0 Å². The molecule has 2 nitrogen and oxygen atoms in total. The molecule has 0 aliphatic carbocycles. The van der Waals surface area contributed by atoms with Gasteiger partial charge in [-0.3, -0.25) is 4.48 Å². The number of nitrogens with zero attached hydrogens (tertiary/aromatic N) is 2. The van der Waals surface area contributed by atoms with E-state index in [1.165, 1.54) is 68.0 Å². The third-order valence-corrected chi connectivity index (χ3v) is 6.19. The summed E-state index contributed by atoms with van der Waals surface area (Å²) in [7, 11) is 0. The number of benzene rings is 1. The molecule has 0 radical (unpaired) electrons. The van der Waals surface area contributed by atoms with Gasteiger partial charge in [0.15, 0.2) is 0 Å². The Labute approximate surface area is 138 Å². The number of likely N-dealkylation sites (N-methyl/N-ethyl adjacent to an activating group) is 1. The summed E-state index contributed by atoms with van der Waals surface area (Å²) < 4.78 is 2.33. The Morgan fingerprint density at radius 2 is 1.09 bits per heavy atom. The molecule has 0 unspecified atom stereocenters. The first-order valence-electron chi connectivity index (χ1n) is 9.35. The molecule has 0 bridgehead atoms. The van der Waals surface area contributed by atoms with Gasteiger partial charge in [-0.15, -0.1) is 0 Å². The van der Waals surface area contributed by atoms with E-state index >= 15 is 0 Å². The fourth-order valence-corrected chi connectivity index (χ4v) is 3.71. The monoisotopic (exact) mass is 306 g/mol. The molecule has 0 heterocycles. The standard InChI is InChI=1S/C20H38N2/c1-7-21(8-2,9-3)18-17-19-13-15-20(16-14-19)22(10-4,11-5)12-6/h13-16H,7-12,17-18H2,1-6H3/q+2. The van der Waals surface area contributed by atoms with E-state index in [9.17, 15) is 0 Å². The molecule has 0 amide bonds. The second-order valence-electron chi connectivity index (χ2n) is 6.52. The minimum absolute atomic E-state index is 1.10. The van der Waals surface area contributed by atoms with Gasteiger partial charge < -0.3 is 4.48 Å². The predicted molar refractivity (Wildman–Crippen MR) is 100 cm³/mol. The molecule has 0 saturated carbocycles. The van der Waals surface area contributed by atoms with Gasteiger partial charge in [-0.1, -0.05) is 12.1 Å². The summed E-state index contributed by atoms with van der Waals surface area (Å²) in [5, 5.41) is 0. The average molecular weight is 307 g/mol. The van der Waals surface area contributed by atoms with Gasteiger partial charge in [0.25, 0.3) is 0 Å². The van der Waals surface area contributed by atoms with E-state index in [1.807, 2.05) is 0 Å². The second-order valence-corrected chi connectivity index (χ2v) is 6.52. The van der Waals surface area contributed by atoms with Gasteiger partial charge in [0.1, 0.15) is 5.69 Å². The van der Waals surface area contributed by atoms with Crippen LogP contribution in [-0.2, 0) is 6.42 Å². The number of rotatable bonds is 10. The van der Waals surface area contributed by atoms with E-state index in [4.69, 9.17) is 0 Å². The zero-order chi connectivity index (χ0) is 16.6. The molecule has 0 saturated heterocycles. The highest BCUT2D eigenvalue weighted by Crippen LogP contribution is 2.23. The van der Waals surface area contributed by atoms with Crippen LogP contribution in [0.1, 0.15) is 47.1 Å². The van der Waals surface area contributed by atoms with Crippen molar-refractivity contribution in [1.82, 2.24) is 4.48 Å². The highest BCUT2D eigenvalue weighted by molar-refractivity contribution is 5.44. The minimum atomic E-state index is 1.10. The third kappa shape index (κ3) is 4.11. The van der Waals surface area contributed by atoms with Crippen molar-refractivity contribution >= 4 is 5.69 Å². The second kappa shape index (κ2) is 8.69. The lowest BCUT2D eigenvalue weighted by Gasteiger charge is -2.36. The fraction of sp³-hybridized carbons (Fsp3) is 0.700. The predicted octanol–water partition coefficient (Wildman–Crippen LogP) is 4.47. The van der Waals surface area contributed by atoms with Crippen LogP contribution in [0.4, 0.5) is 5.69 Å². The van der Waals surface area contributed by atoms with Crippen LogP contribution in [0.5, 0.6) is 0 Å². The summed E-state index contributed by atoms with van der Waals surface area (Å²) in [5.41, 5.74) is 2.96. The molecule has 0 N–H and O–H groups in total. The number of hydrogen-bond donors (Lipinski definition) is 0. The molecule has 1 aromatic rings. The molecule has 22 heavy (non-hydrogen) atoms. The summed E-state index contributed by atoms with van der Waals surface area (Å²) in [6, 6.07) is 9.45. The molecule has 0 aliphatic heterocycles. The first-order chi connectivity index (χ1) is 10.5. The van der Waals surface area contributed by atoms with Crippen molar-refractivity contribution in [2.75, 3.05) is 45.8 Å². The summed E-state index contributed by atoms with van der Waals surface area (Å²) in [4.78, 5) is 0. The van der Waals surface area contributed by atoms with Crippen LogP contribution in [-0.4, -0.2) is 50.3 Å². The lowest BCUT2D eigenvalue weighted by molar-refractivity contribution is -0.923. The van der Waals surface area contributed by atoms with E-state index in [2.05, 4.69) is 65.8 Å². The highest BCUT2D eigenvalue weighted by Gasteiger charge is 2.24. The smallest absolute Gasteiger partial charge is 0.132 e. The zero-order valence-corrected chi connectivity index (χ0v) is 15.9. The number of quaternary nitrogens is 2. The molecule has 0 aromatic heterocycles. The maximum atomic E-state index is 2.37. The normalized spacial score (nSPS) is 12.6. The van der Waals surface area contributed by atoms with Crippen LogP contribution in [0.25, 0.3) is 0 Å². The first kappa shape index (κ1) is 19.2. The van der Waals surface area contributed by atoms with Gasteiger partial charge >= 0.3 is 0 Å². The topological polar surface area (TPSA) is 0 Å². The Bertz CT molecular complexity index is 397. The first-order valence-corrected chi connectivity index (χ1v) is 9.35. The Balaban J connectivity index is 2.81. The SMILES string of the molecule is CC[N+](CC)(CC)CCc1ccc([N+](CC)(CC)CC)cc1. The average Bonchev–Trinajstić information content (AvgIpc) is 2.60. The molecule has 2 heteroatoms. The summed E-state index contributed by atoms with van der Waals surface area (Å²) >= 11 is 0. The maximum absolute atomic E-state index is 2.37. The molecule has 126 valence electrons. The van der Waals surface area contributed by atoms with Gasteiger partial charge in [-0.25, -0.2) is 0 Å². The zero-order valence-electron chi connectivity index (χ0n) is 15.9. The van der Waals surface area contributed by atoms with Crippen molar-refractivity contribution in [2.45, 2.75) is 48.0 Å². The largest absolute Gasteiger partial charge is 0.324 e. The molecule has 1 aromatic carbocycles. The van der Waals surface area contributed by atoms with Crippen LogP contribution in [0, 0.1) is 0 Å². The van der Waals surface area contributed by atoms with Gasteiger partial charge in [0.2, 0.25) is 0 Å². The summed E-state index contributed by atoms with van der Waals surface area (Å²) in [6.07, 6.45) is 1.19. The van der Waals surface area contributed by atoms with Crippen LogP contribution in [0.15, 0.2) is 24.3 Å². The van der Waals surface area contributed by atoms with Crippen LogP contribution in [0.3, 0.4) is 0 Å². The van der Waals surface area contributed by atoms with Crippen molar-refractivity contribution in [2.24, 2.45) is 0 Å². The Kier molecular flexibility index (Phi) is 7.58. The van der Waals surface area contributed by atoms with E-state index < -0.39 is 0 Å². The van der Waals surface area contributed by atoms with Gasteiger partial charge in [0, 0.05) is 6.42 Å². The molecular formula is C20H38N2+2. The molecule has 0 atom stereocenters. The van der Waals surface area contributed by atoms with Crippen LogP contribution >= 0.6 is 0 Å². The van der Waals surface area contributed by atoms with Gasteiger partial charge in [-0.05, 0) is 59.2 Å². The van der Waals surface area contributed by atoms with Gasteiger partial charge in [0.05, 0.1) is 45.8 Å². The van der Waals surface area contributed by atoms with Crippen molar-refractivity contribution in [1.29, 1.82) is 0 Å².